The SMILES string of the molecule is CC(=O)Nc1ccc(S(=O)(=O)N2CCc3c(C(=O)O)n[nH]c3C2)cc1. The van der Waals surface area contributed by atoms with Gasteiger partial charge in [-0.25, -0.2) is 13.2 Å². The van der Waals surface area contributed by atoms with Crippen molar-refractivity contribution < 1.29 is 23.1 Å². The Balaban J connectivity index is 1.83. The van der Waals surface area contributed by atoms with E-state index in [2.05, 4.69) is 15.5 Å². The number of amides is 1. The van der Waals surface area contributed by atoms with Crippen molar-refractivity contribution in [3.63, 3.8) is 0 Å². The molecule has 0 aliphatic carbocycles. The molecule has 25 heavy (non-hydrogen) atoms. The summed E-state index contributed by atoms with van der Waals surface area (Å²) in [5, 5.41) is 18.0. The summed E-state index contributed by atoms with van der Waals surface area (Å²) in [7, 11) is -3.74. The molecule has 0 saturated carbocycles. The van der Waals surface area contributed by atoms with Gasteiger partial charge in [0.25, 0.3) is 0 Å². The molecule has 0 saturated heterocycles. The van der Waals surface area contributed by atoms with Crippen molar-refractivity contribution in [3.8, 4) is 0 Å². The summed E-state index contributed by atoms with van der Waals surface area (Å²) in [6.45, 7) is 1.57. The van der Waals surface area contributed by atoms with Crippen LogP contribution in [0.2, 0.25) is 0 Å². The highest BCUT2D eigenvalue weighted by atomic mass is 32.2. The number of carbonyl (C=O) groups excluding carboxylic acids is 1. The zero-order chi connectivity index (χ0) is 18.2. The lowest BCUT2D eigenvalue weighted by molar-refractivity contribution is -0.114. The molecule has 0 radical (unpaired) electrons. The van der Waals surface area contributed by atoms with E-state index in [-0.39, 0.29) is 36.0 Å². The van der Waals surface area contributed by atoms with Gasteiger partial charge in [0.05, 0.1) is 17.1 Å². The number of fused-ring (bicyclic) bond motifs is 1. The van der Waals surface area contributed by atoms with E-state index in [1.54, 1.807) is 0 Å². The standard InChI is InChI=1S/C15H16N4O5S/c1-9(20)16-10-2-4-11(5-3-10)25(23,24)19-7-6-12-13(8-19)17-18-14(12)15(21)22/h2-5H,6-8H2,1H3,(H,16,20)(H,17,18)(H,21,22). The average Bonchev–Trinajstić information content (AvgIpc) is 2.98. The summed E-state index contributed by atoms with van der Waals surface area (Å²) in [6, 6.07) is 5.88. The minimum Gasteiger partial charge on any atom is -0.476 e. The molecule has 0 atom stereocenters. The first-order valence-corrected chi connectivity index (χ1v) is 8.90. The van der Waals surface area contributed by atoms with E-state index in [0.29, 0.717) is 16.9 Å². The molecule has 0 unspecified atom stereocenters. The number of carbonyl (C=O) groups is 2. The molecule has 0 spiro atoms. The van der Waals surface area contributed by atoms with E-state index < -0.39 is 16.0 Å². The Morgan fingerprint density at radius 3 is 2.56 bits per heavy atom. The average molecular weight is 364 g/mol. The van der Waals surface area contributed by atoms with Gasteiger partial charge in [-0.3, -0.25) is 9.89 Å². The number of benzene rings is 1. The Morgan fingerprint density at radius 2 is 1.96 bits per heavy atom. The molecule has 0 bridgehead atoms. The maximum atomic E-state index is 12.8. The first-order chi connectivity index (χ1) is 11.8. The van der Waals surface area contributed by atoms with Crippen LogP contribution in [0.5, 0.6) is 0 Å². The van der Waals surface area contributed by atoms with Crippen LogP contribution in [0.25, 0.3) is 0 Å². The van der Waals surface area contributed by atoms with Gasteiger partial charge >= 0.3 is 5.97 Å². The first kappa shape index (κ1) is 17.1. The molecule has 9 nitrogen and oxygen atoms in total. The Kier molecular flexibility index (Phi) is 4.31. The number of rotatable bonds is 4. The van der Waals surface area contributed by atoms with Crippen LogP contribution in [0.4, 0.5) is 5.69 Å². The van der Waals surface area contributed by atoms with Crippen LogP contribution in [-0.2, 0) is 27.8 Å². The van der Waals surface area contributed by atoms with E-state index in [1.807, 2.05) is 0 Å². The summed E-state index contributed by atoms with van der Waals surface area (Å²) in [4.78, 5) is 22.2. The van der Waals surface area contributed by atoms with Crippen molar-refractivity contribution in [3.05, 3.63) is 41.2 Å². The van der Waals surface area contributed by atoms with Crippen LogP contribution in [0.1, 0.15) is 28.7 Å². The molecule has 132 valence electrons. The van der Waals surface area contributed by atoms with E-state index in [4.69, 9.17) is 5.11 Å². The molecule has 1 amide bonds. The quantitative estimate of drug-likeness (QED) is 0.735. The fourth-order valence-electron chi connectivity index (χ4n) is 2.74. The number of anilines is 1. The number of carboxylic acid groups (broad SMARTS) is 1. The number of carboxylic acids is 1. The second-order valence-corrected chi connectivity index (χ2v) is 7.57. The van der Waals surface area contributed by atoms with Crippen molar-refractivity contribution in [2.75, 3.05) is 11.9 Å². The minimum absolute atomic E-state index is 0.0331. The molecule has 1 aliphatic rings. The number of hydrogen-bond acceptors (Lipinski definition) is 5. The van der Waals surface area contributed by atoms with Crippen LogP contribution in [0.15, 0.2) is 29.2 Å². The van der Waals surface area contributed by atoms with Gasteiger partial charge < -0.3 is 10.4 Å². The zero-order valence-electron chi connectivity index (χ0n) is 13.3. The summed E-state index contributed by atoms with van der Waals surface area (Å²) >= 11 is 0. The van der Waals surface area contributed by atoms with Gasteiger partial charge in [-0.15, -0.1) is 0 Å². The van der Waals surface area contributed by atoms with Crippen LogP contribution in [-0.4, -0.2) is 46.4 Å². The third-order valence-electron chi connectivity index (χ3n) is 3.91. The Labute approximate surface area is 143 Å². The lowest BCUT2D eigenvalue weighted by Crippen LogP contribution is -2.36. The van der Waals surface area contributed by atoms with E-state index >= 15 is 0 Å². The summed E-state index contributed by atoms with van der Waals surface area (Å²) in [6.07, 6.45) is 0.274. The summed E-state index contributed by atoms with van der Waals surface area (Å²) in [5.41, 5.74) is 1.47. The predicted molar refractivity (Wildman–Crippen MR) is 87.6 cm³/mol. The fraction of sp³-hybridized carbons (Fsp3) is 0.267. The number of nitrogens with one attached hydrogen (secondary N) is 2. The Bertz CT molecular complexity index is 933. The van der Waals surface area contributed by atoms with Crippen LogP contribution in [0.3, 0.4) is 0 Å². The van der Waals surface area contributed by atoms with Crippen molar-refractivity contribution in [1.29, 1.82) is 0 Å². The number of aromatic nitrogens is 2. The Hall–Kier alpha value is -2.72. The van der Waals surface area contributed by atoms with Crippen molar-refractivity contribution >= 4 is 27.6 Å². The largest absolute Gasteiger partial charge is 0.476 e. The maximum Gasteiger partial charge on any atom is 0.356 e. The van der Waals surface area contributed by atoms with Gasteiger partial charge in [0.1, 0.15) is 0 Å². The molecule has 2 heterocycles. The van der Waals surface area contributed by atoms with Crippen LogP contribution < -0.4 is 5.32 Å². The molecule has 1 aliphatic heterocycles. The van der Waals surface area contributed by atoms with Gasteiger partial charge in [-0.05, 0) is 30.7 Å². The number of nitrogens with zero attached hydrogens (tertiary/aromatic N) is 2. The second-order valence-electron chi connectivity index (χ2n) is 5.63. The topological polar surface area (TPSA) is 132 Å². The van der Waals surface area contributed by atoms with Crippen molar-refractivity contribution in [2.24, 2.45) is 0 Å². The smallest absolute Gasteiger partial charge is 0.356 e. The lowest BCUT2D eigenvalue weighted by Gasteiger charge is -2.26. The number of hydrogen-bond donors (Lipinski definition) is 3. The maximum absolute atomic E-state index is 12.8. The molecule has 3 rings (SSSR count). The molecule has 10 heteroatoms. The third-order valence-corrected chi connectivity index (χ3v) is 5.77. The van der Waals surface area contributed by atoms with Gasteiger partial charge in [0.15, 0.2) is 5.69 Å². The monoisotopic (exact) mass is 364 g/mol. The minimum atomic E-state index is -3.74. The van der Waals surface area contributed by atoms with Gasteiger partial charge in [-0.2, -0.15) is 9.40 Å². The number of aromatic carboxylic acids is 1. The van der Waals surface area contributed by atoms with E-state index in [1.165, 1.54) is 35.5 Å². The van der Waals surface area contributed by atoms with Crippen molar-refractivity contribution in [2.45, 2.75) is 24.8 Å². The van der Waals surface area contributed by atoms with Crippen LogP contribution in [0, 0.1) is 0 Å². The summed E-state index contributed by atoms with van der Waals surface area (Å²) < 4.78 is 26.8. The van der Waals surface area contributed by atoms with Crippen molar-refractivity contribution in [1.82, 2.24) is 14.5 Å². The first-order valence-electron chi connectivity index (χ1n) is 7.46. The van der Waals surface area contributed by atoms with Crippen LogP contribution >= 0.6 is 0 Å². The number of H-pyrrole nitrogens is 1. The summed E-state index contributed by atoms with van der Waals surface area (Å²) in [5.74, 6) is -1.38. The molecule has 2 aromatic rings. The van der Waals surface area contributed by atoms with Gasteiger partial charge in [0, 0.05) is 24.7 Å². The molecular weight excluding hydrogens is 348 g/mol. The lowest BCUT2D eigenvalue weighted by atomic mass is 10.1. The highest BCUT2D eigenvalue weighted by molar-refractivity contribution is 7.89. The molecule has 3 N–H and O–H groups in total. The molecule has 1 aromatic heterocycles. The predicted octanol–water partition coefficient (Wildman–Crippen LogP) is 0.813. The highest BCUT2D eigenvalue weighted by Gasteiger charge is 2.32. The van der Waals surface area contributed by atoms with E-state index in [9.17, 15) is 18.0 Å². The second kappa shape index (κ2) is 6.30. The van der Waals surface area contributed by atoms with E-state index in [0.717, 1.165) is 0 Å². The molecule has 1 aromatic carbocycles. The third kappa shape index (κ3) is 3.26. The molecular formula is C15H16N4O5S. The zero-order valence-corrected chi connectivity index (χ0v) is 14.1. The fourth-order valence-corrected chi connectivity index (χ4v) is 4.15. The molecule has 0 fully saturated rings. The normalized spacial score (nSPS) is 14.8. The number of sulfonamides is 1. The Morgan fingerprint density at radius 1 is 1.28 bits per heavy atom. The number of aromatic amines is 1. The van der Waals surface area contributed by atoms with Gasteiger partial charge in [0.2, 0.25) is 15.9 Å². The van der Waals surface area contributed by atoms with Gasteiger partial charge in [-0.1, -0.05) is 0 Å². The highest BCUT2D eigenvalue weighted by Crippen LogP contribution is 2.26.